The molecule has 5 nitrogen and oxygen atoms in total. The van der Waals surface area contributed by atoms with Crippen LogP contribution in [0.2, 0.25) is 0 Å². The summed E-state index contributed by atoms with van der Waals surface area (Å²) in [6.45, 7) is 2.55. The Hall–Kier alpha value is -2.30. The summed E-state index contributed by atoms with van der Waals surface area (Å²) in [5, 5.41) is 0. The maximum absolute atomic E-state index is 11.5. The molecule has 5 heteroatoms. The Kier molecular flexibility index (Phi) is 3.62. The van der Waals surface area contributed by atoms with E-state index in [0.717, 1.165) is 11.3 Å². The zero-order valence-electron chi connectivity index (χ0n) is 10.0. The first kappa shape index (κ1) is 12.2. The van der Waals surface area contributed by atoms with E-state index in [2.05, 4.69) is 9.97 Å². The number of hydrogen-bond acceptors (Lipinski definition) is 3. The second kappa shape index (κ2) is 5.35. The Balaban J connectivity index is 2.18. The van der Waals surface area contributed by atoms with Gasteiger partial charge in [-0.25, -0.2) is 4.79 Å². The predicted octanol–water partition coefficient (Wildman–Crippen LogP) is 1.05. The first-order valence-electron chi connectivity index (χ1n) is 5.71. The molecule has 1 aromatic carbocycles. The number of H-pyrrole nitrogens is 2. The largest absolute Gasteiger partial charge is 0.494 e. The molecule has 0 fully saturated rings. The fraction of sp³-hybridized carbons (Fsp3) is 0.231. The van der Waals surface area contributed by atoms with Crippen LogP contribution in [0.3, 0.4) is 0 Å². The quantitative estimate of drug-likeness (QED) is 0.846. The van der Waals surface area contributed by atoms with Gasteiger partial charge in [-0.3, -0.25) is 9.78 Å². The molecule has 0 aliphatic carbocycles. The van der Waals surface area contributed by atoms with Gasteiger partial charge in [-0.15, -0.1) is 0 Å². The zero-order valence-corrected chi connectivity index (χ0v) is 10.0. The van der Waals surface area contributed by atoms with Crippen molar-refractivity contribution < 1.29 is 4.74 Å². The number of nitrogens with one attached hydrogen (secondary N) is 2. The van der Waals surface area contributed by atoms with E-state index in [-0.39, 0.29) is 5.56 Å². The van der Waals surface area contributed by atoms with E-state index in [1.54, 1.807) is 0 Å². The molecule has 0 amide bonds. The van der Waals surface area contributed by atoms with Gasteiger partial charge in [0.1, 0.15) is 5.75 Å². The Morgan fingerprint density at radius 3 is 2.50 bits per heavy atom. The van der Waals surface area contributed by atoms with Gasteiger partial charge >= 0.3 is 5.69 Å². The Labute approximate surface area is 103 Å². The summed E-state index contributed by atoms with van der Waals surface area (Å²) in [4.78, 5) is 27.1. The lowest BCUT2D eigenvalue weighted by Crippen LogP contribution is -2.24. The maximum Gasteiger partial charge on any atom is 0.325 e. The SMILES string of the molecule is CCOc1ccc(Cc2c[nH]c(=O)[nH]c2=O)cc1. The van der Waals surface area contributed by atoms with Crippen LogP contribution in [-0.4, -0.2) is 16.6 Å². The monoisotopic (exact) mass is 246 g/mol. The van der Waals surface area contributed by atoms with Crippen LogP contribution in [0.5, 0.6) is 5.75 Å². The average Bonchev–Trinajstić information content (AvgIpc) is 2.35. The Bertz CT molecular complexity index is 626. The van der Waals surface area contributed by atoms with Gasteiger partial charge < -0.3 is 9.72 Å². The molecule has 0 radical (unpaired) electrons. The highest BCUT2D eigenvalue weighted by Crippen LogP contribution is 2.13. The van der Waals surface area contributed by atoms with Gasteiger partial charge in [-0.2, -0.15) is 0 Å². The normalized spacial score (nSPS) is 10.3. The summed E-state index contributed by atoms with van der Waals surface area (Å²) in [5.41, 5.74) is 0.665. The minimum Gasteiger partial charge on any atom is -0.494 e. The average molecular weight is 246 g/mol. The van der Waals surface area contributed by atoms with Gasteiger partial charge in [0, 0.05) is 18.2 Å². The second-order valence-corrected chi connectivity index (χ2v) is 3.85. The topological polar surface area (TPSA) is 75.0 Å². The van der Waals surface area contributed by atoms with Crippen LogP contribution in [0.25, 0.3) is 0 Å². The summed E-state index contributed by atoms with van der Waals surface area (Å²) < 4.78 is 5.34. The molecule has 2 aromatic rings. The summed E-state index contributed by atoms with van der Waals surface area (Å²) in [5.74, 6) is 0.802. The van der Waals surface area contributed by atoms with Crippen LogP contribution >= 0.6 is 0 Å². The van der Waals surface area contributed by atoms with Crippen LogP contribution < -0.4 is 16.0 Å². The molecular formula is C13H14N2O3. The Morgan fingerprint density at radius 2 is 1.89 bits per heavy atom. The lowest BCUT2D eigenvalue weighted by Gasteiger charge is -2.04. The van der Waals surface area contributed by atoms with E-state index < -0.39 is 5.69 Å². The summed E-state index contributed by atoms with van der Waals surface area (Å²) in [6.07, 6.45) is 1.91. The van der Waals surface area contributed by atoms with Crippen molar-refractivity contribution in [3.05, 3.63) is 62.4 Å². The molecule has 0 saturated carbocycles. The Morgan fingerprint density at radius 1 is 1.17 bits per heavy atom. The van der Waals surface area contributed by atoms with E-state index in [1.165, 1.54) is 6.20 Å². The van der Waals surface area contributed by atoms with Gasteiger partial charge in [-0.05, 0) is 24.6 Å². The third-order valence-electron chi connectivity index (χ3n) is 2.53. The highest BCUT2D eigenvalue weighted by Gasteiger charge is 2.02. The fourth-order valence-electron chi connectivity index (χ4n) is 1.66. The third-order valence-corrected chi connectivity index (χ3v) is 2.53. The molecule has 0 unspecified atom stereocenters. The van der Waals surface area contributed by atoms with Crippen LogP contribution in [0, 0.1) is 0 Å². The van der Waals surface area contributed by atoms with E-state index in [1.807, 2.05) is 31.2 Å². The molecule has 0 atom stereocenters. The molecule has 1 heterocycles. The molecular weight excluding hydrogens is 232 g/mol. The smallest absolute Gasteiger partial charge is 0.325 e. The van der Waals surface area contributed by atoms with E-state index >= 15 is 0 Å². The zero-order chi connectivity index (χ0) is 13.0. The lowest BCUT2D eigenvalue weighted by atomic mass is 10.1. The number of hydrogen-bond donors (Lipinski definition) is 2. The molecule has 0 bridgehead atoms. The van der Waals surface area contributed by atoms with Crippen molar-refractivity contribution in [2.24, 2.45) is 0 Å². The molecule has 2 rings (SSSR count). The molecule has 94 valence electrons. The highest BCUT2D eigenvalue weighted by molar-refractivity contribution is 5.30. The van der Waals surface area contributed by atoms with Gasteiger partial charge in [0.25, 0.3) is 5.56 Å². The number of benzene rings is 1. The first-order valence-corrected chi connectivity index (χ1v) is 5.71. The molecule has 1 aromatic heterocycles. The summed E-state index contributed by atoms with van der Waals surface area (Å²) >= 11 is 0. The molecule has 0 spiro atoms. The number of aromatic amines is 2. The predicted molar refractivity (Wildman–Crippen MR) is 68.1 cm³/mol. The van der Waals surface area contributed by atoms with E-state index in [9.17, 15) is 9.59 Å². The van der Waals surface area contributed by atoms with Gasteiger partial charge in [0.05, 0.1) is 6.61 Å². The number of ether oxygens (including phenoxy) is 1. The van der Waals surface area contributed by atoms with Gasteiger partial charge in [0.15, 0.2) is 0 Å². The first-order chi connectivity index (χ1) is 8.69. The van der Waals surface area contributed by atoms with Crippen molar-refractivity contribution in [2.45, 2.75) is 13.3 Å². The van der Waals surface area contributed by atoms with Crippen molar-refractivity contribution in [2.75, 3.05) is 6.61 Å². The summed E-state index contributed by atoms with van der Waals surface area (Å²) in [7, 11) is 0. The third kappa shape index (κ3) is 2.88. The van der Waals surface area contributed by atoms with Crippen molar-refractivity contribution in [3.63, 3.8) is 0 Å². The number of rotatable bonds is 4. The second-order valence-electron chi connectivity index (χ2n) is 3.85. The maximum atomic E-state index is 11.5. The van der Waals surface area contributed by atoms with Crippen molar-refractivity contribution in [3.8, 4) is 5.75 Å². The number of aromatic nitrogens is 2. The van der Waals surface area contributed by atoms with Crippen molar-refractivity contribution in [1.29, 1.82) is 0 Å². The van der Waals surface area contributed by atoms with Gasteiger partial charge in [-0.1, -0.05) is 12.1 Å². The molecule has 2 N–H and O–H groups in total. The van der Waals surface area contributed by atoms with Crippen LogP contribution in [-0.2, 0) is 6.42 Å². The van der Waals surface area contributed by atoms with E-state index in [4.69, 9.17) is 4.74 Å². The van der Waals surface area contributed by atoms with Crippen molar-refractivity contribution >= 4 is 0 Å². The molecule has 18 heavy (non-hydrogen) atoms. The summed E-state index contributed by atoms with van der Waals surface area (Å²) in [6, 6.07) is 7.52. The minimum absolute atomic E-state index is 0.354. The van der Waals surface area contributed by atoms with Crippen LogP contribution in [0.15, 0.2) is 40.1 Å². The molecule has 0 aliphatic heterocycles. The van der Waals surface area contributed by atoms with Crippen LogP contribution in [0.4, 0.5) is 0 Å². The molecule has 0 aliphatic rings. The fourth-order valence-corrected chi connectivity index (χ4v) is 1.66. The highest BCUT2D eigenvalue weighted by atomic mass is 16.5. The minimum atomic E-state index is -0.490. The van der Waals surface area contributed by atoms with Crippen LogP contribution in [0.1, 0.15) is 18.1 Å². The van der Waals surface area contributed by atoms with Crippen molar-refractivity contribution in [1.82, 2.24) is 9.97 Å². The van der Waals surface area contributed by atoms with E-state index in [0.29, 0.717) is 18.6 Å². The molecule has 0 saturated heterocycles. The van der Waals surface area contributed by atoms with Gasteiger partial charge in [0.2, 0.25) is 0 Å². The standard InChI is InChI=1S/C13H14N2O3/c1-2-18-11-5-3-9(4-6-11)7-10-8-14-13(17)15-12(10)16/h3-6,8H,2,7H2,1H3,(H2,14,15,16,17). The lowest BCUT2D eigenvalue weighted by molar-refractivity contribution is 0.340.